The summed E-state index contributed by atoms with van der Waals surface area (Å²) in [6.45, 7) is 0. The van der Waals surface area contributed by atoms with Crippen molar-refractivity contribution in [2.24, 2.45) is 11.5 Å². The summed E-state index contributed by atoms with van der Waals surface area (Å²) >= 11 is 0. The molecule has 1 fully saturated rings. The van der Waals surface area contributed by atoms with Crippen molar-refractivity contribution in [2.45, 2.75) is 31.2 Å². The molecule has 0 heterocycles. The van der Waals surface area contributed by atoms with Gasteiger partial charge in [0.1, 0.15) is 0 Å². The predicted molar refractivity (Wildman–Crippen MR) is 41.8 cm³/mol. The summed E-state index contributed by atoms with van der Waals surface area (Å²) in [4.78, 5) is 10.3. The number of carbonyl (C=O) groups excluding carboxylic acids is 1. The average molecular weight is 165 g/mol. The highest BCUT2D eigenvalue weighted by Gasteiger charge is 2.33. The summed E-state index contributed by atoms with van der Waals surface area (Å²) in [5, 5.41) is 0. The van der Waals surface area contributed by atoms with Crippen LogP contribution < -0.4 is 11.5 Å². The first-order chi connectivity index (χ1) is 4.12. The molecule has 4 heteroatoms. The maximum absolute atomic E-state index is 10.3. The summed E-state index contributed by atoms with van der Waals surface area (Å²) in [6, 6.07) is 0. The van der Waals surface area contributed by atoms with E-state index in [9.17, 15) is 4.79 Å². The monoisotopic (exact) mass is 164 g/mol. The van der Waals surface area contributed by atoms with Gasteiger partial charge in [-0.1, -0.05) is 0 Å². The molecule has 60 valence electrons. The van der Waals surface area contributed by atoms with Crippen LogP contribution in [0, 0.1) is 0 Å². The van der Waals surface area contributed by atoms with E-state index in [1.807, 2.05) is 0 Å². The van der Waals surface area contributed by atoms with E-state index in [0.717, 1.165) is 19.3 Å². The number of nitrogens with two attached hydrogens (primary N) is 2. The van der Waals surface area contributed by atoms with E-state index in [4.69, 9.17) is 11.5 Å². The Morgan fingerprint density at radius 2 is 2.00 bits per heavy atom. The summed E-state index contributed by atoms with van der Waals surface area (Å²) in [6.07, 6.45) is 3.41. The molecule has 0 unspecified atom stereocenters. The van der Waals surface area contributed by atoms with E-state index in [0.29, 0.717) is 6.42 Å². The van der Waals surface area contributed by atoms with Crippen molar-refractivity contribution < 1.29 is 4.79 Å². The third kappa shape index (κ3) is 2.15. The first kappa shape index (κ1) is 9.72. The number of hydrogen-bond acceptors (Lipinski definition) is 2. The molecule has 0 atom stereocenters. The Hall–Kier alpha value is -0.280. The lowest BCUT2D eigenvalue weighted by Crippen LogP contribution is -2.49. The fourth-order valence-electron chi connectivity index (χ4n) is 1.15. The molecular weight excluding hydrogens is 152 g/mol. The minimum absolute atomic E-state index is 0. The van der Waals surface area contributed by atoms with Gasteiger partial charge in [0.05, 0.1) is 0 Å². The first-order valence-electron chi connectivity index (χ1n) is 3.20. The lowest BCUT2D eigenvalue weighted by Gasteiger charge is -2.36. The van der Waals surface area contributed by atoms with E-state index >= 15 is 0 Å². The molecule has 0 spiro atoms. The van der Waals surface area contributed by atoms with Gasteiger partial charge >= 0.3 is 0 Å². The number of carbonyl (C=O) groups is 1. The smallest absolute Gasteiger partial charge is 0.219 e. The van der Waals surface area contributed by atoms with Gasteiger partial charge in [-0.25, -0.2) is 0 Å². The highest BCUT2D eigenvalue weighted by molar-refractivity contribution is 5.85. The third-order valence-electron chi connectivity index (χ3n) is 1.88. The van der Waals surface area contributed by atoms with E-state index in [1.165, 1.54) is 0 Å². The molecule has 0 bridgehead atoms. The zero-order valence-corrected chi connectivity index (χ0v) is 6.62. The van der Waals surface area contributed by atoms with E-state index in [-0.39, 0.29) is 23.9 Å². The Bertz CT molecular complexity index is 134. The number of halogens is 1. The van der Waals surface area contributed by atoms with Gasteiger partial charge in [-0.05, 0) is 19.3 Å². The molecule has 0 saturated heterocycles. The van der Waals surface area contributed by atoms with Crippen LogP contribution in [0.15, 0.2) is 0 Å². The molecule has 10 heavy (non-hydrogen) atoms. The predicted octanol–water partition coefficient (Wildman–Crippen LogP) is 0.165. The van der Waals surface area contributed by atoms with Gasteiger partial charge < -0.3 is 11.5 Å². The van der Waals surface area contributed by atoms with Gasteiger partial charge in [-0.3, -0.25) is 4.79 Å². The lowest BCUT2D eigenvalue weighted by molar-refractivity contribution is -0.119. The van der Waals surface area contributed by atoms with Gasteiger partial charge in [0.25, 0.3) is 0 Å². The molecule has 3 nitrogen and oxygen atoms in total. The number of rotatable bonds is 2. The van der Waals surface area contributed by atoms with Gasteiger partial charge in [-0.2, -0.15) is 0 Å². The topological polar surface area (TPSA) is 69.1 Å². The molecular formula is C6H13ClN2O. The number of amides is 1. The van der Waals surface area contributed by atoms with E-state index in [2.05, 4.69) is 0 Å². The van der Waals surface area contributed by atoms with Gasteiger partial charge in [-0.15, -0.1) is 12.4 Å². The first-order valence-corrected chi connectivity index (χ1v) is 3.20. The van der Waals surface area contributed by atoms with Crippen molar-refractivity contribution in [3.05, 3.63) is 0 Å². The van der Waals surface area contributed by atoms with Crippen LogP contribution in [0.3, 0.4) is 0 Å². The molecule has 0 aromatic carbocycles. The van der Waals surface area contributed by atoms with Crippen molar-refractivity contribution in [2.75, 3.05) is 0 Å². The van der Waals surface area contributed by atoms with Crippen LogP contribution in [0.1, 0.15) is 25.7 Å². The highest BCUT2D eigenvalue weighted by atomic mass is 35.5. The minimum atomic E-state index is -0.280. The molecule has 1 saturated carbocycles. The van der Waals surface area contributed by atoms with Crippen LogP contribution in [0.2, 0.25) is 0 Å². The average Bonchev–Trinajstić information content (AvgIpc) is 1.60. The van der Waals surface area contributed by atoms with Crippen LogP contribution in [0.5, 0.6) is 0 Å². The van der Waals surface area contributed by atoms with Crippen molar-refractivity contribution in [3.8, 4) is 0 Å². The molecule has 1 rings (SSSR count). The maximum Gasteiger partial charge on any atom is 0.219 e. The second-order valence-corrected chi connectivity index (χ2v) is 2.86. The largest absolute Gasteiger partial charge is 0.370 e. The molecule has 0 radical (unpaired) electrons. The van der Waals surface area contributed by atoms with Gasteiger partial charge in [0.2, 0.25) is 5.91 Å². The zero-order valence-electron chi connectivity index (χ0n) is 5.80. The zero-order chi connectivity index (χ0) is 6.91. The number of hydrogen-bond donors (Lipinski definition) is 2. The Morgan fingerprint density at radius 3 is 2.10 bits per heavy atom. The second kappa shape index (κ2) is 3.21. The number of primary amides is 1. The molecule has 0 aromatic heterocycles. The normalized spacial score (nSPS) is 20.5. The molecule has 0 aliphatic heterocycles. The fraction of sp³-hybridized carbons (Fsp3) is 0.833. The van der Waals surface area contributed by atoms with Gasteiger partial charge in [0, 0.05) is 12.0 Å². The summed E-state index contributed by atoms with van der Waals surface area (Å²) < 4.78 is 0. The molecule has 1 aliphatic rings. The van der Waals surface area contributed by atoms with E-state index < -0.39 is 0 Å². The van der Waals surface area contributed by atoms with Crippen molar-refractivity contribution in [3.63, 3.8) is 0 Å². The fourth-order valence-corrected chi connectivity index (χ4v) is 1.15. The third-order valence-corrected chi connectivity index (χ3v) is 1.88. The van der Waals surface area contributed by atoms with E-state index in [1.54, 1.807) is 0 Å². The standard InChI is InChI=1S/C6H12N2O.ClH/c7-5(9)4-6(8)2-1-3-6;/h1-4,8H2,(H2,7,9);1H. The van der Waals surface area contributed by atoms with Crippen molar-refractivity contribution in [1.29, 1.82) is 0 Å². The summed E-state index contributed by atoms with van der Waals surface area (Å²) in [5.74, 6) is -0.280. The Morgan fingerprint density at radius 1 is 1.50 bits per heavy atom. The quantitative estimate of drug-likeness (QED) is 0.611. The summed E-state index contributed by atoms with van der Waals surface area (Å²) in [5.41, 5.74) is 10.4. The van der Waals surface area contributed by atoms with Crippen LogP contribution in [0.4, 0.5) is 0 Å². The Kier molecular flexibility index (Phi) is 3.12. The minimum Gasteiger partial charge on any atom is -0.370 e. The summed E-state index contributed by atoms with van der Waals surface area (Å²) in [7, 11) is 0. The lowest BCUT2D eigenvalue weighted by atomic mass is 9.75. The highest BCUT2D eigenvalue weighted by Crippen LogP contribution is 2.31. The molecule has 1 amide bonds. The second-order valence-electron chi connectivity index (χ2n) is 2.86. The van der Waals surface area contributed by atoms with Crippen LogP contribution in [0.25, 0.3) is 0 Å². The van der Waals surface area contributed by atoms with Crippen molar-refractivity contribution in [1.82, 2.24) is 0 Å². The Balaban J connectivity index is 0.000000810. The van der Waals surface area contributed by atoms with Crippen molar-refractivity contribution >= 4 is 18.3 Å². The molecule has 0 aromatic rings. The molecule has 4 N–H and O–H groups in total. The maximum atomic E-state index is 10.3. The van der Waals surface area contributed by atoms with Gasteiger partial charge in [0.15, 0.2) is 0 Å². The SMILES string of the molecule is Cl.NC(=O)CC1(N)CCC1. The van der Waals surface area contributed by atoms with Crippen LogP contribution in [-0.4, -0.2) is 11.4 Å². The van der Waals surface area contributed by atoms with Crippen LogP contribution >= 0.6 is 12.4 Å². The Labute approximate surface area is 66.6 Å². The van der Waals surface area contributed by atoms with Crippen LogP contribution in [-0.2, 0) is 4.79 Å². The molecule has 1 aliphatic carbocycles.